The largest absolute Gasteiger partial charge is 0.480 e. The number of nitrogens with zero attached hydrogens (tertiary/aromatic N) is 1. The first-order chi connectivity index (χ1) is 10.7. The van der Waals surface area contributed by atoms with Gasteiger partial charge < -0.3 is 10.8 Å². The minimum atomic E-state index is -4.49. The topological polar surface area (TPSA) is 76.2 Å². The van der Waals surface area contributed by atoms with Crippen LogP contribution < -0.4 is 5.73 Å². The summed E-state index contributed by atoms with van der Waals surface area (Å²) in [5.74, 6) is -1.27. The molecule has 1 aromatic heterocycles. The first kappa shape index (κ1) is 18.9. The van der Waals surface area contributed by atoms with Crippen molar-refractivity contribution in [2.75, 3.05) is 0 Å². The van der Waals surface area contributed by atoms with Gasteiger partial charge in [0, 0.05) is 17.4 Å². The van der Waals surface area contributed by atoms with Crippen LogP contribution in [-0.4, -0.2) is 22.1 Å². The number of aromatic nitrogens is 1. The summed E-state index contributed by atoms with van der Waals surface area (Å²) < 4.78 is 36.8. The summed E-state index contributed by atoms with van der Waals surface area (Å²) in [6.07, 6.45) is -2.84. The van der Waals surface area contributed by atoms with Gasteiger partial charge in [-0.3, -0.25) is 9.78 Å². The Morgan fingerprint density at radius 3 is 2.30 bits per heavy atom. The molecule has 1 unspecified atom stereocenters. The molecule has 0 aliphatic rings. The number of pyridine rings is 1. The van der Waals surface area contributed by atoms with Crippen LogP contribution in [0.1, 0.15) is 11.1 Å². The van der Waals surface area contributed by atoms with Crippen LogP contribution in [0.15, 0.2) is 48.8 Å². The molecular formula is C15H14ClF3N2O2. The summed E-state index contributed by atoms with van der Waals surface area (Å²) in [5.41, 5.74) is 4.43. The lowest BCUT2D eigenvalue weighted by Crippen LogP contribution is -2.32. The molecule has 0 bridgehead atoms. The molecule has 23 heavy (non-hydrogen) atoms. The Hall–Kier alpha value is -2.12. The number of alkyl halides is 3. The average Bonchev–Trinajstić information content (AvgIpc) is 2.48. The molecule has 1 atom stereocenters. The van der Waals surface area contributed by atoms with Gasteiger partial charge in [0.1, 0.15) is 6.04 Å². The van der Waals surface area contributed by atoms with Crippen LogP contribution in [0.4, 0.5) is 13.2 Å². The number of nitrogens with two attached hydrogens (primary N) is 1. The van der Waals surface area contributed by atoms with Crippen molar-refractivity contribution >= 4 is 17.6 Å². The summed E-state index contributed by atoms with van der Waals surface area (Å²) in [5, 5.41) is 9.30. The van der Waals surface area contributed by atoms with Crippen molar-refractivity contribution in [3.8, 4) is 0 Å². The second-order valence-electron chi connectivity index (χ2n) is 4.52. The molecule has 0 spiro atoms. The van der Waals surface area contributed by atoms with Gasteiger partial charge in [-0.05, 0) is 30.2 Å². The van der Waals surface area contributed by atoms with Gasteiger partial charge >= 0.3 is 12.1 Å². The minimum absolute atomic E-state index is 0.143. The highest BCUT2D eigenvalue weighted by molar-refractivity contribution is 6.30. The van der Waals surface area contributed by atoms with E-state index in [0.29, 0.717) is 6.20 Å². The second-order valence-corrected chi connectivity index (χ2v) is 4.96. The Labute approximate surface area is 135 Å². The van der Waals surface area contributed by atoms with E-state index in [1.807, 2.05) is 30.3 Å². The SMILES string of the molecule is Clc1ccccc1.NC(Cc1cncc(C(F)(F)F)c1)C(=O)O. The Bertz CT molecular complexity index is 636. The van der Waals surface area contributed by atoms with Gasteiger partial charge in [-0.2, -0.15) is 13.2 Å². The Balaban J connectivity index is 0.000000313. The van der Waals surface area contributed by atoms with E-state index in [9.17, 15) is 18.0 Å². The summed E-state index contributed by atoms with van der Waals surface area (Å²) in [6, 6.07) is 9.06. The molecule has 0 aliphatic carbocycles. The number of benzene rings is 1. The van der Waals surface area contributed by atoms with Crippen molar-refractivity contribution in [3.63, 3.8) is 0 Å². The molecule has 124 valence electrons. The summed E-state index contributed by atoms with van der Waals surface area (Å²) >= 11 is 5.54. The van der Waals surface area contributed by atoms with E-state index in [4.69, 9.17) is 22.4 Å². The number of rotatable bonds is 3. The van der Waals surface area contributed by atoms with Crippen LogP contribution >= 0.6 is 11.6 Å². The molecule has 0 saturated carbocycles. The Morgan fingerprint density at radius 2 is 1.87 bits per heavy atom. The number of aliphatic carboxylic acids is 1. The van der Waals surface area contributed by atoms with E-state index in [1.165, 1.54) is 0 Å². The lowest BCUT2D eigenvalue weighted by molar-refractivity contribution is -0.138. The smallest absolute Gasteiger partial charge is 0.417 e. The summed E-state index contributed by atoms with van der Waals surface area (Å²) in [6.45, 7) is 0. The van der Waals surface area contributed by atoms with Gasteiger partial charge in [0.2, 0.25) is 0 Å². The average molecular weight is 347 g/mol. The van der Waals surface area contributed by atoms with Crippen molar-refractivity contribution in [1.82, 2.24) is 4.98 Å². The van der Waals surface area contributed by atoms with Gasteiger partial charge in [0.05, 0.1) is 5.56 Å². The van der Waals surface area contributed by atoms with Crippen LogP contribution in [0.25, 0.3) is 0 Å². The zero-order valence-corrected chi connectivity index (χ0v) is 12.6. The zero-order valence-electron chi connectivity index (χ0n) is 11.8. The maximum Gasteiger partial charge on any atom is 0.417 e. The van der Waals surface area contributed by atoms with E-state index in [1.54, 1.807) is 0 Å². The van der Waals surface area contributed by atoms with Gasteiger partial charge in [0.25, 0.3) is 0 Å². The highest BCUT2D eigenvalue weighted by Crippen LogP contribution is 2.28. The highest BCUT2D eigenvalue weighted by atomic mass is 35.5. The quantitative estimate of drug-likeness (QED) is 0.893. The maximum absolute atomic E-state index is 12.3. The molecular weight excluding hydrogens is 333 g/mol. The normalized spacial score (nSPS) is 12.0. The van der Waals surface area contributed by atoms with Crippen molar-refractivity contribution in [3.05, 3.63) is 64.9 Å². The number of halogens is 4. The Kier molecular flexibility index (Phi) is 6.99. The fourth-order valence-corrected chi connectivity index (χ4v) is 1.66. The van der Waals surface area contributed by atoms with Gasteiger partial charge in [-0.25, -0.2) is 0 Å². The highest BCUT2D eigenvalue weighted by Gasteiger charge is 2.31. The fourth-order valence-electron chi connectivity index (χ4n) is 1.51. The lowest BCUT2D eigenvalue weighted by Gasteiger charge is -2.09. The zero-order chi connectivity index (χ0) is 17.5. The number of hydrogen-bond donors (Lipinski definition) is 2. The first-order valence-corrected chi connectivity index (χ1v) is 6.78. The molecule has 0 amide bonds. The van der Waals surface area contributed by atoms with Crippen molar-refractivity contribution in [1.29, 1.82) is 0 Å². The van der Waals surface area contributed by atoms with Crippen LogP contribution in [0.3, 0.4) is 0 Å². The molecule has 3 N–H and O–H groups in total. The van der Waals surface area contributed by atoms with Crippen LogP contribution in [0, 0.1) is 0 Å². The standard InChI is InChI=1S/C9H9F3N2O2.C6H5Cl/c10-9(11,12)6-1-5(3-14-4-6)2-7(13)8(15)16;7-6-4-2-1-3-5-6/h1,3-4,7H,2,13H2,(H,15,16);1-5H. The molecule has 2 aromatic rings. The van der Waals surface area contributed by atoms with E-state index in [2.05, 4.69) is 4.98 Å². The van der Waals surface area contributed by atoms with Crippen LogP contribution in [-0.2, 0) is 17.4 Å². The van der Waals surface area contributed by atoms with Gasteiger partial charge in [0.15, 0.2) is 0 Å². The van der Waals surface area contributed by atoms with E-state index < -0.39 is 23.8 Å². The third-order valence-corrected chi connectivity index (χ3v) is 2.88. The van der Waals surface area contributed by atoms with Crippen molar-refractivity contribution in [2.24, 2.45) is 5.73 Å². The third kappa shape index (κ3) is 7.12. The molecule has 1 heterocycles. The van der Waals surface area contributed by atoms with Crippen LogP contribution in [0.5, 0.6) is 0 Å². The molecule has 1 aromatic carbocycles. The minimum Gasteiger partial charge on any atom is -0.480 e. The fraction of sp³-hybridized carbons (Fsp3) is 0.200. The number of carbonyl (C=O) groups is 1. The third-order valence-electron chi connectivity index (χ3n) is 2.63. The molecule has 0 saturated heterocycles. The predicted molar refractivity (Wildman–Crippen MR) is 80.0 cm³/mol. The monoisotopic (exact) mass is 346 g/mol. The van der Waals surface area contributed by atoms with E-state index >= 15 is 0 Å². The second kappa shape index (κ2) is 8.50. The number of carboxylic acids is 1. The number of hydrogen-bond acceptors (Lipinski definition) is 3. The van der Waals surface area contributed by atoms with Crippen molar-refractivity contribution in [2.45, 2.75) is 18.6 Å². The Morgan fingerprint density at radius 1 is 1.26 bits per heavy atom. The van der Waals surface area contributed by atoms with Crippen molar-refractivity contribution < 1.29 is 23.1 Å². The molecule has 8 heteroatoms. The first-order valence-electron chi connectivity index (χ1n) is 6.40. The summed E-state index contributed by atoms with van der Waals surface area (Å²) in [4.78, 5) is 13.8. The predicted octanol–water partition coefficient (Wildman–Crippen LogP) is 3.39. The molecule has 2 rings (SSSR count). The van der Waals surface area contributed by atoms with E-state index in [-0.39, 0.29) is 12.0 Å². The van der Waals surface area contributed by atoms with Gasteiger partial charge in [-0.15, -0.1) is 0 Å². The number of carboxylic acid groups (broad SMARTS) is 1. The molecule has 4 nitrogen and oxygen atoms in total. The summed E-state index contributed by atoms with van der Waals surface area (Å²) in [7, 11) is 0. The lowest BCUT2D eigenvalue weighted by atomic mass is 10.1. The maximum atomic E-state index is 12.3. The van der Waals surface area contributed by atoms with Crippen LogP contribution in [0.2, 0.25) is 5.02 Å². The van der Waals surface area contributed by atoms with E-state index in [0.717, 1.165) is 17.3 Å². The molecule has 0 aliphatic heterocycles. The molecule has 0 fully saturated rings. The molecule has 0 radical (unpaired) electrons. The van der Waals surface area contributed by atoms with Gasteiger partial charge in [-0.1, -0.05) is 29.8 Å².